The van der Waals surface area contributed by atoms with E-state index in [2.05, 4.69) is 5.32 Å². The molecule has 0 spiro atoms. The second-order valence-corrected chi connectivity index (χ2v) is 7.87. The van der Waals surface area contributed by atoms with E-state index in [1.54, 1.807) is 23.9 Å². The van der Waals surface area contributed by atoms with Gasteiger partial charge in [0.2, 0.25) is 11.7 Å². The normalized spacial score (nSPS) is 16.2. The maximum atomic E-state index is 12.7. The first-order valence-electron chi connectivity index (χ1n) is 8.02. The maximum Gasteiger partial charge on any atom is 0.240 e. The van der Waals surface area contributed by atoms with Crippen molar-refractivity contribution in [2.45, 2.75) is 17.2 Å². The summed E-state index contributed by atoms with van der Waals surface area (Å²) in [6, 6.07) is 11.4. The summed E-state index contributed by atoms with van der Waals surface area (Å²) in [6.07, 6.45) is 3.78. The molecule has 0 saturated heterocycles. The summed E-state index contributed by atoms with van der Waals surface area (Å²) >= 11 is 2.87. The molecule has 26 heavy (non-hydrogen) atoms. The van der Waals surface area contributed by atoms with Crippen LogP contribution in [0.1, 0.15) is 38.9 Å². The summed E-state index contributed by atoms with van der Waals surface area (Å²) < 4.78 is 5.21. The minimum absolute atomic E-state index is 0.0744. The summed E-state index contributed by atoms with van der Waals surface area (Å²) in [5.41, 5.74) is 8.61. The van der Waals surface area contributed by atoms with Crippen LogP contribution in [0.5, 0.6) is 0 Å². The third kappa shape index (κ3) is 2.83. The van der Waals surface area contributed by atoms with Gasteiger partial charge in [-0.15, -0.1) is 23.1 Å². The lowest BCUT2D eigenvalue weighted by atomic mass is 9.86. The third-order valence-corrected chi connectivity index (χ3v) is 6.32. The number of benzene rings is 1. The van der Waals surface area contributed by atoms with Crippen LogP contribution in [0.25, 0.3) is 0 Å². The predicted molar refractivity (Wildman–Crippen MR) is 104 cm³/mol. The number of nitrogens with two attached hydrogens (primary N) is 1. The third-order valence-electron chi connectivity index (χ3n) is 4.44. The summed E-state index contributed by atoms with van der Waals surface area (Å²) in [5, 5.41) is 3.50. The van der Waals surface area contributed by atoms with Crippen molar-refractivity contribution < 1.29 is 14.0 Å². The Labute approximate surface area is 158 Å². The van der Waals surface area contributed by atoms with Crippen molar-refractivity contribution in [3.63, 3.8) is 0 Å². The van der Waals surface area contributed by atoms with E-state index in [0.29, 0.717) is 22.0 Å². The number of nitrogens with one attached hydrogen (secondary N) is 1. The van der Waals surface area contributed by atoms with Gasteiger partial charge in [0.05, 0.1) is 12.0 Å². The molecule has 1 amide bonds. The molecule has 3 N–H and O–H groups in total. The molecule has 0 bridgehead atoms. The molecule has 0 fully saturated rings. The fraction of sp³-hybridized carbons (Fsp3) is 0.158. The first kappa shape index (κ1) is 16.9. The molecule has 0 saturated carbocycles. The lowest BCUT2D eigenvalue weighted by Gasteiger charge is -2.24. The molecular weight excluding hydrogens is 368 g/mol. The minimum atomic E-state index is -0.266. The zero-order chi connectivity index (χ0) is 18.3. The van der Waals surface area contributed by atoms with E-state index in [4.69, 9.17) is 10.2 Å². The molecule has 3 aromatic rings. The second-order valence-electron chi connectivity index (χ2n) is 5.97. The van der Waals surface area contributed by atoms with Gasteiger partial charge in [-0.25, -0.2) is 0 Å². The Balaban J connectivity index is 1.79. The van der Waals surface area contributed by atoms with E-state index in [1.807, 2.05) is 30.5 Å². The number of amides is 1. The van der Waals surface area contributed by atoms with Crippen molar-refractivity contribution in [2.24, 2.45) is 0 Å². The number of hydrogen-bond donors (Lipinski definition) is 2. The smallest absolute Gasteiger partial charge is 0.240 e. The Hall–Kier alpha value is -2.51. The van der Waals surface area contributed by atoms with Crippen LogP contribution >= 0.6 is 23.1 Å². The number of nitrogen functional groups attached to an aromatic ring is 1. The zero-order valence-corrected chi connectivity index (χ0v) is 15.6. The molecule has 5 nitrogen and oxygen atoms in total. The number of anilines is 2. The Bertz CT molecular complexity index is 975. The van der Waals surface area contributed by atoms with Gasteiger partial charge in [-0.1, -0.05) is 12.1 Å². The predicted octanol–water partition coefficient (Wildman–Crippen LogP) is 4.35. The highest BCUT2D eigenvalue weighted by atomic mass is 32.2. The van der Waals surface area contributed by atoms with Gasteiger partial charge in [0, 0.05) is 22.8 Å². The van der Waals surface area contributed by atoms with E-state index in [0.717, 1.165) is 16.0 Å². The van der Waals surface area contributed by atoms with Crippen LogP contribution < -0.4 is 11.1 Å². The number of ketones is 1. The molecule has 0 radical (unpaired) electrons. The lowest BCUT2D eigenvalue weighted by Crippen LogP contribution is -2.22. The zero-order valence-electron chi connectivity index (χ0n) is 13.9. The molecule has 0 aliphatic carbocycles. The van der Waals surface area contributed by atoms with Gasteiger partial charge in [-0.3, -0.25) is 9.59 Å². The Morgan fingerprint density at radius 1 is 1.31 bits per heavy atom. The molecule has 4 rings (SSSR count). The maximum absolute atomic E-state index is 12.7. The molecule has 1 aromatic carbocycles. The van der Waals surface area contributed by atoms with Crippen molar-refractivity contribution in [3.8, 4) is 0 Å². The first-order chi connectivity index (χ1) is 12.6. The van der Waals surface area contributed by atoms with Crippen LogP contribution in [-0.2, 0) is 4.79 Å². The molecule has 1 aliphatic heterocycles. The number of carbonyl (C=O) groups excluding carboxylic acids is 2. The fourth-order valence-electron chi connectivity index (χ4n) is 3.17. The van der Waals surface area contributed by atoms with E-state index in [9.17, 15) is 9.59 Å². The number of thiophene rings is 1. The van der Waals surface area contributed by atoms with E-state index in [1.165, 1.54) is 17.6 Å². The molecular formula is C19H16N2O3S2. The van der Waals surface area contributed by atoms with Gasteiger partial charge >= 0.3 is 0 Å². The molecule has 1 aliphatic rings. The largest absolute Gasteiger partial charge is 0.461 e. The van der Waals surface area contributed by atoms with Crippen LogP contribution in [0.2, 0.25) is 0 Å². The van der Waals surface area contributed by atoms with Crippen LogP contribution in [-0.4, -0.2) is 17.9 Å². The molecule has 2 aromatic heterocycles. The molecule has 1 atom stereocenters. The highest BCUT2D eigenvalue weighted by molar-refractivity contribution is 7.98. The molecule has 7 heteroatoms. The van der Waals surface area contributed by atoms with Crippen LogP contribution in [0.4, 0.5) is 10.7 Å². The number of thioether (sulfide) groups is 1. The van der Waals surface area contributed by atoms with E-state index < -0.39 is 0 Å². The number of rotatable bonds is 4. The Morgan fingerprint density at radius 3 is 2.73 bits per heavy atom. The van der Waals surface area contributed by atoms with Crippen molar-refractivity contribution >= 4 is 45.5 Å². The van der Waals surface area contributed by atoms with Gasteiger partial charge in [0.15, 0.2) is 5.76 Å². The standard InChI is InChI=1S/C19H16N2O3S2/c1-25-11-6-4-10(5-7-11)12-9-14(22)21-19-15(12)16(20)18(26-19)17(23)13-3-2-8-24-13/h2-8,12H,9,20H2,1H3,(H,21,22). The van der Waals surface area contributed by atoms with Gasteiger partial charge in [0.25, 0.3) is 0 Å². The average molecular weight is 384 g/mol. The summed E-state index contributed by atoms with van der Waals surface area (Å²) in [7, 11) is 0. The van der Waals surface area contributed by atoms with Gasteiger partial charge in [-0.2, -0.15) is 0 Å². The lowest BCUT2D eigenvalue weighted by molar-refractivity contribution is -0.116. The Kier molecular flexibility index (Phi) is 4.34. The highest BCUT2D eigenvalue weighted by Gasteiger charge is 2.34. The summed E-state index contributed by atoms with van der Waals surface area (Å²) in [5.74, 6) is -0.265. The first-order valence-corrected chi connectivity index (χ1v) is 10.1. The minimum Gasteiger partial charge on any atom is -0.461 e. The summed E-state index contributed by atoms with van der Waals surface area (Å²) in [4.78, 5) is 26.4. The van der Waals surface area contributed by atoms with Crippen molar-refractivity contribution in [3.05, 3.63) is 64.4 Å². The number of furan rings is 1. The molecule has 132 valence electrons. The topological polar surface area (TPSA) is 85.3 Å². The molecule has 1 unspecified atom stereocenters. The van der Waals surface area contributed by atoms with Crippen molar-refractivity contribution in [1.29, 1.82) is 0 Å². The fourth-order valence-corrected chi connectivity index (χ4v) is 4.72. The Morgan fingerprint density at radius 2 is 2.08 bits per heavy atom. The SMILES string of the molecule is CSc1ccc(C2CC(=O)Nc3sc(C(=O)c4ccco4)c(N)c32)cc1. The van der Waals surface area contributed by atoms with Gasteiger partial charge in [-0.05, 0) is 36.1 Å². The van der Waals surface area contributed by atoms with Crippen molar-refractivity contribution in [1.82, 2.24) is 0 Å². The van der Waals surface area contributed by atoms with E-state index >= 15 is 0 Å². The number of carbonyl (C=O) groups is 2. The monoisotopic (exact) mass is 384 g/mol. The van der Waals surface area contributed by atoms with Gasteiger partial charge in [0.1, 0.15) is 9.88 Å². The average Bonchev–Trinajstić information content (AvgIpc) is 3.29. The van der Waals surface area contributed by atoms with Crippen LogP contribution in [0.15, 0.2) is 52.0 Å². The van der Waals surface area contributed by atoms with E-state index in [-0.39, 0.29) is 23.4 Å². The van der Waals surface area contributed by atoms with Crippen molar-refractivity contribution in [2.75, 3.05) is 17.3 Å². The quantitative estimate of drug-likeness (QED) is 0.516. The van der Waals surface area contributed by atoms with Crippen LogP contribution in [0.3, 0.4) is 0 Å². The number of fused-ring (bicyclic) bond motifs is 1. The van der Waals surface area contributed by atoms with Crippen LogP contribution in [0, 0.1) is 0 Å². The second kappa shape index (κ2) is 6.66. The number of hydrogen-bond acceptors (Lipinski definition) is 6. The molecule has 3 heterocycles. The summed E-state index contributed by atoms with van der Waals surface area (Å²) in [6.45, 7) is 0. The highest BCUT2D eigenvalue weighted by Crippen LogP contribution is 2.47. The van der Waals surface area contributed by atoms with Gasteiger partial charge < -0.3 is 15.5 Å².